The van der Waals surface area contributed by atoms with Gasteiger partial charge in [0.05, 0.1) is 41.3 Å². The maximum absolute atomic E-state index is 13.2. The van der Waals surface area contributed by atoms with Crippen molar-refractivity contribution in [2.75, 3.05) is 38.4 Å². The van der Waals surface area contributed by atoms with Crippen LogP contribution in [0.15, 0.2) is 46.8 Å². The zero-order chi connectivity index (χ0) is 25.8. The smallest absolute Gasteiger partial charge is 0.336 e. The number of nitrogens with zero attached hydrogens (tertiary/aromatic N) is 2. The van der Waals surface area contributed by atoms with E-state index < -0.39 is 22.8 Å². The number of dihydropyridines is 1. The Morgan fingerprint density at radius 3 is 2.37 bits per heavy atom. The molecule has 1 heterocycles. The highest BCUT2D eigenvalue weighted by Crippen LogP contribution is 2.40. The number of ether oxygens (including phenoxy) is 3. The number of thioether (sulfide) groups is 1. The van der Waals surface area contributed by atoms with Gasteiger partial charge < -0.3 is 19.5 Å². The average Bonchev–Trinajstić information content (AvgIpc) is 2.83. The van der Waals surface area contributed by atoms with Gasteiger partial charge in [-0.05, 0) is 31.6 Å². The maximum atomic E-state index is 13.2. The number of hydrogen-bond donors (Lipinski definition) is 1. The van der Waals surface area contributed by atoms with E-state index in [1.807, 2.05) is 0 Å². The third-order valence-electron chi connectivity index (χ3n) is 5.16. The summed E-state index contributed by atoms with van der Waals surface area (Å²) in [5, 5.41) is 23.0. The fourth-order valence-electron chi connectivity index (χ4n) is 3.61. The first-order chi connectivity index (χ1) is 16.8. The summed E-state index contributed by atoms with van der Waals surface area (Å²) in [6.07, 6.45) is 1.06. The van der Waals surface area contributed by atoms with Gasteiger partial charge >= 0.3 is 11.9 Å². The molecule has 0 fully saturated rings. The lowest BCUT2D eigenvalue weighted by molar-refractivity contribution is -0.384. The lowest BCUT2D eigenvalue weighted by atomic mass is 9.80. The van der Waals surface area contributed by atoms with E-state index in [-0.39, 0.29) is 36.7 Å². The number of carbonyl (C=O) groups excluding carboxylic acids is 2. The molecule has 35 heavy (non-hydrogen) atoms. The normalized spacial score (nSPS) is 15.3. The van der Waals surface area contributed by atoms with E-state index in [1.165, 1.54) is 25.3 Å². The number of allylic oxidation sites excluding steroid dienone is 2. The summed E-state index contributed by atoms with van der Waals surface area (Å²) < 4.78 is 15.8. The summed E-state index contributed by atoms with van der Waals surface area (Å²) in [7, 11) is 1.48. The van der Waals surface area contributed by atoms with Crippen molar-refractivity contribution in [2.45, 2.75) is 32.6 Å². The fraction of sp³-hybridized carbons (Fsp3) is 0.458. The number of nitriles is 1. The molecule has 1 aromatic rings. The standard InChI is InChI=1S/C24H29N3O7S/c1-16-20(23(28)33-10-6-14-35-13-5-9-25)22(18-7-4-8-19(15-18)27(30)31)21(17(2)26-16)24(29)34-12-11-32-3/h4,7-8,15,22,26H,5-6,10-14H2,1-3H3. The summed E-state index contributed by atoms with van der Waals surface area (Å²) in [5.41, 5.74) is 1.56. The minimum absolute atomic E-state index is 0.0136. The predicted molar refractivity (Wildman–Crippen MR) is 130 cm³/mol. The molecular weight excluding hydrogens is 474 g/mol. The molecule has 1 aliphatic rings. The quantitative estimate of drug-likeness (QED) is 0.184. The van der Waals surface area contributed by atoms with E-state index in [9.17, 15) is 19.7 Å². The lowest BCUT2D eigenvalue weighted by Crippen LogP contribution is -2.33. The van der Waals surface area contributed by atoms with Crippen LogP contribution in [0.4, 0.5) is 5.69 Å². The summed E-state index contributed by atoms with van der Waals surface area (Å²) >= 11 is 1.60. The van der Waals surface area contributed by atoms with Crippen molar-refractivity contribution in [1.82, 2.24) is 5.32 Å². The van der Waals surface area contributed by atoms with E-state index >= 15 is 0 Å². The van der Waals surface area contributed by atoms with Crippen LogP contribution in [0.25, 0.3) is 0 Å². The van der Waals surface area contributed by atoms with Gasteiger partial charge in [0, 0.05) is 42.8 Å². The molecule has 0 amide bonds. The zero-order valence-electron chi connectivity index (χ0n) is 20.0. The van der Waals surface area contributed by atoms with Crippen LogP contribution in [0.2, 0.25) is 0 Å². The number of benzene rings is 1. The largest absolute Gasteiger partial charge is 0.462 e. The second-order valence-corrected chi connectivity index (χ2v) is 8.85. The highest BCUT2D eigenvalue weighted by molar-refractivity contribution is 7.99. The molecular formula is C24H29N3O7S. The van der Waals surface area contributed by atoms with Crippen LogP contribution in [-0.2, 0) is 23.8 Å². The summed E-state index contributed by atoms with van der Waals surface area (Å²) in [4.78, 5) is 37.1. The molecule has 2 rings (SSSR count). The predicted octanol–water partition coefficient (Wildman–Crippen LogP) is 3.60. The Hall–Kier alpha value is -3.36. The molecule has 1 unspecified atom stereocenters. The Labute approximate surface area is 208 Å². The number of nitro groups is 1. The molecule has 10 nitrogen and oxygen atoms in total. The second kappa shape index (κ2) is 14.1. The van der Waals surface area contributed by atoms with Gasteiger partial charge in [-0.1, -0.05) is 12.1 Å². The molecule has 11 heteroatoms. The lowest BCUT2D eigenvalue weighted by Gasteiger charge is -2.30. The number of nitro benzene ring substituents is 1. The van der Waals surface area contributed by atoms with Crippen molar-refractivity contribution < 1.29 is 28.7 Å². The second-order valence-electron chi connectivity index (χ2n) is 7.63. The van der Waals surface area contributed by atoms with Crippen molar-refractivity contribution in [1.29, 1.82) is 5.26 Å². The van der Waals surface area contributed by atoms with Crippen molar-refractivity contribution in [2.24, 2.45) is 0 Å². The zero-order valence-corrected chi connectivity index (χ0v) is 20.8. The van der Waals surface area contributed by atoms with Crippen molar-refractivity contribution in [3.05, 3.63) is 62.5 Å². The average molecular weight is 504 g/mol. The highest BCUT2D eigenvalue weighted by atomic mass is 32.2. The Bertz CT molecular complexity index is 1050. The molecule has 1 aliphatic heterocycles. The molecule has 0 saturated heterocycles. The first-order valence-corrected chi connectivity index (χ1v) is 12.2. The first-order valence-electron chi connectivity index (χ1n) is 11.0. The molecule has 1 aromatic carbocycles. The number of esters is 2. The first kappa shape index (κ1) is 27.9. The topological polar surface area (TPSA) is 141 Å². The van der Waals surface area contributed by atoms with Gasteiger partial charge in [0.2, 0.25) is 0 Å². The molecule has 0 spiro atoms. The molecule has 0 aliphatic carbocycles. The third kappa shape index (κ3) is 7.83. The Morgan fingerprint density at radius 1 is 1.11 bits per heavy atom. The third-order valence-corrected chi connectivity index (χ3v) is 6.23. The summed E-state index contributed by atoms with van der Waals surface area (Å²) in [6, 6.07) is 7.91. The van der Waals surface area contributed by atoms with Crippen molar-refractivity contribution >= 4 is 29.4 Å². The van der Waals surface area contributed by atoms with Crippen LogP contribution in [0.3, 0.4) is 0 Å². The van der Waals surface area contributed by atoms with Crippen LogP contribution in [-0.4, -0.2) is 55.3 Å². The van der Waals surface area contributed by atoms with Crippen molar-refractivity contribution in [3.8, 4) is 6.07 Å². The van der Waals surface area contributed by atoms with Crippen LogP contribution in [0.5, 0.6) is 0 Å². The monoisotopic (exact) mass is 503 g/mol. The molecule has 0 aromatic heterocycles. The van der Waals surface area contributed by atoms with Crippen LogP contribution in [0.1, 0.15) is 38.2 Å². The number of non-ortho nitro benzene ring substituents is 1. The van der Waals surface area contributed by atoms with Gasteiger partial charge in [0.1, 0.15) is 6.61 Å². The molecule has 0 radical (unpaired) electrons. The van der Waals surface area contributed by atoms with Gasteiger partial charge in [0.25, 0.3) is 5.69 Å². The minimum atomic E-state index is -0.913. The summed E-state index contributed by atoms with van der Waals surface area (Å²) in [6.45, 7) is 3.74. The molecule has 0 saturated carbocycles. The van der Waals surface area contributed by atoms with Gasteiger partial charge in [-0.3, -0.25) is 10.1 Å². The molecule has 0 bridgehead atoms. The van der Waals surface area contributed by atoms with Gasteiger partial charge in [-0.15, -0.1) is 0 Å². The SMILES string of the molecule is COCCOC(=O)C1=C(C)NC(C)=C(C(=O)OCCCSCCC#N)C1c1cccc([N+](=O)[O-])c1. The number of rotatable bonds is 13. The Balaban J connectivity index is 2.34. The maximum Gasteiger partial charge on any atom is 0.336 e. The van der Waals surface area contributed by atoms with Gasteiger partial charge in [0.15, 0.2) is 0 Å². The summed E-state index contributed by atoms with van der Waals surface area (Å²) in [5.74, 6) is -0.746. The number of carbonyl (C=O) groups is 2. The molecule has 1 atom stereocenters. The van der Waals surface area contributed by atoms with E-state index in [1.54, 1.807) is 31.7 Å². The highest BCUT2D eigenvalue weighted by Gasteiger charge is 2.38. The molecule has 1 N–H and O–H groups in total. The van der Waals surface area contributed by atoms with Crippen molar-refractivity contribution in [3.63, 3.8) is 0 Å². The van der Waals surface area contributed by atoms with Gasteiger partial charge in [-0.25, -0.2) is 9.59 Å². The number of methoxy groups -OCH3 is 1. The minimum Gasteiger partial charge on any atom is -0.462 e. The van der Waals surface area contributed by atoms with Gasteiger partial charge in [-0.2, -0.15) is 17.0 Å². The number of nitrogens with one attached hydrogen (secondary N) is 1. The van der Waals surface area contributed by atoms with E-state index in [0.29, 0.717) is 35.6 Å². The van der Waals surface area contributed by atoms with Crippen LogP contribution in [0, 0.1) is 21.4 Å². The number of hydrogen-bond acceptors (Lipinski definition) is 10. The van der Waals surface area contributed by atoms with E-state index in [2.05, 4.69) is 11.4 Å². The Morgan fingerprint density at radius 2 is 1.77 bits per heavy atom. The van der Waals surface area contributed by atoms with E-state index in [4.69, 9.17) is 19.5 Å². The van der Waals surface area contributed by atoms with E-state index in [0.717, 1.165) is 5.75 Å². The van der Waals surface area contributed by atoms with Crippen LogP contribution >= 0.6 is 11.8 Å². The fourth-order valence-corrected chi connectivity index (χ4v) is 4.37. The Kier molecular flexibility index (Phi) is 11.3. The van der Waals surface area contributed by atoms with Crippen LogP contribution < -0.4 is 5.32 Å². The molecule has 188 valence electrons.